The molecule has 1 unspecified atom stereocenters. The number of nitrogens with zero attached hydrogens (tertiary/aromatic N) is 2. The third-order valence-corrected chi connectivity index (χ3v) is 7.17. The van der Waals surface area contributed by atoms with Crippen LogP contribution < -0.4 is 5.69 Å². The zero-order valence-electron chi connectivity index (χ0n) is 11.2. The van der Waals surface area contributed by atoms with Gasteiger partial charge in [-0.15, -0.1) is 11.3 Å². The van der Waals surface area contributed by atoms with Crippen LogP contribution in [0.2, 0.25) is 0 Å². The van der Waals surface area contributed by atoms with Crippen LogP contribution in [0.1, 0.15) is 15.3 Å². The molecule has 0 spiro atoms. The Morgan fingerprint density at radius 1 is 1.10 bits per heavy atom. The van der Waals surface area contributed by atoms with Crippen LogP contribution in [-0.4, -0.2) is 9.13 Å². The van der Waals surface area contributed by atoms with E-state index in [1.807, 2.05) is 12.1 Å². The van der Waals surface area contributed by atoms with Crippen LogP contribution in [0.15, 0.2) is 37.3 Å². The number of rotatable bonds is 2. The summed E-state index contributed by atoms with van der Waals surface area (Å²) < 4.78 is 5.43. The number of hydrogen-bond acceptors (Lipinski definition) is 2. The summed E-state index contributed by atoms with van der Waals surface area (Å²) in [6.45, 7) is 0. The second kappa shape index (κ2) is 5.68. The fraction of sp³-hybridized carbons (Fsp3) is 0.214. The van der Waals surface area contributed by atoms with E-state index in [-0.39, 0.29) is 10.5 Å². The molecule has 3 rings (SSSR count). The van der Waals surface area contributed by atoms with E-state index in [2.05, 4.69) is 59.9 Å². The van der Waals surface area contributed by atoms with Gasteiger partial charge in [-0.2, -0.15) is 0 Å². The SMILES string of the molecule is Cn1c(=O)n(C)c2cc(C(Br)c3ccc(Br)s3)c(Br)cc21. The first kappa shape index (κ1) is 15.5. The first-order chi connectivity index (χ1) is 9.90. The fourth-order valence-corrected chi connectivity index (χ4v) is 5.45. The van der Waals surface area contributed by atoms with Crippen molar-refractivity contribution in [3.63, 3.8) is 0 Å². The van der Waals surface area contributed by atoms with Crippen LogP contribution in [0.25, 0.3) is 11.0 Å². The van der Waals surface area contributed by atoms with Crippen molar-refractivity contribution in [2.75, 3.05) is 0 Å². The third kappa shape index (κ3) is 2.58. The summed E-state index contributed by atoms with van der Waals surface area (Å²) in [6.07, 6.45) is 0. The predicted octanol–water partition coefficient (Wildman–Crippen LogP) is 4.95. The van der Waals surface area contributed by atoms with Crippen LogP contribution in [0.5, 0.6) is 0 Å². The molecule has 0 amide bonds. The van der Waals surface area contributed by atoms with Crippen molar-refractivity contribution in [2.24, 2.45) is 14.1 Å². The van der Waals surface area contributed by atoms with E-state index in [1.165, 1.54) is 4.88 Å². The normalized spacial score (nSPS) is 13.0. The van der Waals surface area contributed by atoms with E-state index in [9.17, 15) is 4.79 Å². The Morgan fingerprint density at radius 3 is 2.29 bits per heavy atom. The van der Waals surface area contributed by atoms with Gasteiger partial charge in [0.15, 0.2) is 0 Å². The Kier molecular flexibility index (Phi) is 4.20. The first-order valence-corrected chi connectivity index (χ1v) is 9.46. The molecule has 0 aliphatic rings. The van der Waals surface area contributed by atoms with E-state index < -0.39 is 0 Å². The molecule has 3 nitrogen and oxygen atoms in total. The highest BCUT2D eigenvalue weighted by Crippen LogP contribution is 2.41. The van der Waals surface area contributed by atoms with Crippen molar-refractivity contribution in [1.29, 1.82) is 0 Å². The molecule has 0 bridgehead atoms. The summed E-state index contributed by atoms with van der Waals surface area (Å²) in [6, 6.07) is 8.20. The first-order valence-electron chi connectivity index (χ1n) is 6.14. The van der Waals surface area contributed by atoms with Crippen LogP contribution in [0.4, 0.5) is 0 Å². The Bertz CT molecular complexity index is 894. The molecule has 7 heteroatoms. The average molecular weight is 495 g/mol. The molecule has 21 heavy (non-hydrogen) atoms. The highest BCUT2D eigenvalue weighted by molar-refractivity contribution is 9.11. The molecule has 0 aliphatic carbocycles. The van der Waals surface area contributed by atoms with E-state index >= 15 is 0 Å². The van der Waals surface area contributed by atoms with Crippen LogP contribution in [0.3, 0.4) is 0 Å². The van der Waals surface area contributed by atoms with Gasteiger partial charge in [0.2, 0.25) is 0 Å². The van der Waals surface area contributed by atoms with Crippen molar-refractivity contribution in [3.05, 3.63) is 53.4 Å². The minimum Gasteiger partial charge on any atom is -0.295 e. The van der Waals surface area contributed by atoms with E-state index in [1.54, 1.807) is 34.6 Å². The summed E-state index contributed by atoms with van der Waals surface area (Å²) in [5, 5.41) is 0. The van der Waals surface area contributed by atoms with Gasteiger partial charge in [0.05, 0.1) is 19.6 Å². The lowest BCUT2D eigenvalue weighted by atomic mass is 10.1. The molecule has 0 radical (unpaired) electrons. The van der Waals surface area contributed by atoms with Gasteiger partial charge in [-0.05, 0) is 45.8 Å². The smallest absolute Gasteiger partial charge is 0.295 e. The van der Waals surface area contributed by atoms with Crippen molar-refractivity contribution < 1.29 is 0 Å². The lowest BCUT2D eigenvalue weighted by Gasteiger charge is -2.11. The maximum absolute atomic E-state index is 12.0. The Balaban J connectivity index is 2.21. The Morgan fingerprint density at radius 2 is 1.71 bits per heavy atom. The number of benzene rings is 1. The highest BCUT2D eigenvalue weighted by atomic mass is 79.9. The molecule has 3 aromatic rings. The Hall–Kier alpha value is -0.370. The topological polar surface area (TPSA) is 26.9 Å². The number of thiophene rings is 1. The molecular weight excluding hydrogens is 484 g/mol. The number of fused-ring (bicyclic) bond motifs is 1. The lowest BCUT2D eigenvalue weighted by Crippen LogP contribution is -2.19. The summed E-state index contributed by atoms with van der Waals surface area (Å²) in [5.74, 6) is 0. The van der Waals surface area contributed by atoms with Gasteiger partial charge in [0, 0.05) is 23.4 Å². The van der Waals surface area contributed by atoms with Crippen molar-refractivity contribution in [1.82, 2.24) is 9.13 Å². The summed E-state index contributed by atoms with van der Waals surface area (Å²) in [5.41, 5.74) is 2.95. The summed E-state index contributed by atoms with van der Waals surface area (Å²) in [4.78, 5) is 13.3. The van der Waals surface area contributed by atoms with Crippen LogP contribution in [-0.2, 0) is 14.1 Å². The monoisotopic (exact) mass is 492 g/mol. The van der Waals surface area contributed by atoms with Gasteiger partial charge in [0.1, 0.15) is 0 Å². The number of aryl methyl sites for hydroxylation is 2. The van der Waals surface area contributed by atoms with E-state index in [4.69, 9.17) is 0 Å². The lowest BCUT2D eigenvalue weighted by molar-refractivity contribution is 0.795. The molecule has 2 aromatic heterocycles. The summed E-state index contributed by atoms with van der Waals surface area (Å²) >= 11 is 12.6. The van der Waals surface area contributed by atoms with Gasteiger partial charge >= 0.3 is 5.69 Å². The second-order valence-corrected chi connectivity index (χ2v) is 9.03. The second-order valence-electron chi connectivity index (χ2n) is 4.77. The molecule has 2 heterocycles. The largest absolute Gasteiger partial charge is 0.328 e. The third-order valence-electron chi connectivity index (χ3n) is 3.51. The molecule has 1 atom stereocenters. The van der Waals surface area contributed by atoms with Crippen LogP contribution in [0, 0.1) is 0 Å². The molecular formula is C14H11Br3N2OS. The van der Waals surface area contributed by atoms with E-state index in [0.29, 0.717) is 0 Å². The molecule has 0 saturated heterocycles. The van der Waals surface area contributed by atoms with Gasteiger partial charge in [-0.3, -0.25) is 9.13 Å². The quantitative estimate of drug-likeness (QED) is 0.463. The number of aromatic nitrogens is 2. The standard InChI is InChI=1S/C14H11Br3N2OS/c1-18-9-5-7(13(17)11-3-4-12(16)21-11)8(15)6-10(9)19(2)14(18)20/h3-6,13H,1-2H3. The highest BCUT2D eigenvalue weighted by Gasteiger charge is 2.19. The predicted molar refractivity (Wildman–Crippen MR) is 98.6 cm³/mol. The number of halogens is 3. The van der Waals surface area contributed by atoms with Gasteiger partial charge < -0.3 is 0 Å². The number of hydrogen-bond donors (Lipinski definition) is 0. The number of alkyl halides is 1. The fourth-order valence-electron chi connectivity index (χ4n) is 2.35. The van der Waals surface area contributed by atoms with Crippen molar-refractivity contribution in [3.8, 4) is 0 Å². The maximum atomic E-state index is 12.0. The van der Waals surface area contributed by atoms with Gasteiger partial charge in [-0.1, -0.05) is 31.9 Å². The molecule has 0 N–H and O–H groups in total. The molecule has 0 saturated carbocycles. The molecule has 0 aliphatic heterocycles. The molecule has 1 aromatic carbocycles. The minimum atomic E-state index is -0.0148. The minimum absolute atomic E-state index is 0.0148. The van der Waals surface area contributed by atoms with Crippen molar-refractivity contribution >= 4 is 70.2 Å². The Labute approximate surface area is 151 Å². The van der Waals surface area contributed by atoms with Gasteiger partial charge in [-0.25, -0.2) is 4.79 Å². The average Bonchev–Trinajstić information content (AvgIpc) is 2.97. The van der Waals surface area contributed by atoms with E-state index in [0.717, 1.165) is 24.9 Å². The maximum Gasteiger partial charge on any atom is 0.328 e. The number of imidazole rings is 1. The van der Waals surface area contributed by atoms with Crippen molar-refractivity contribution in [2.45, 2.75) is 4.83 Å². The van der Waals surface area contributed by atoms with Crippen LogP contribution >= 0.6 is 59.1 Å². The summed E-state index contributed by atoms with van der Waals surface area (Å²) in [7, 11) is 3.59. The zero-order chi connectivity index (χ0) is 15.3. The molecule has 110 valence electrons. The molecule has 0 fully saturated rings. The van der Waals surface area contributed by atoms with Gasteiger partial charge in [0.25, 0.3) is 0 Å². The zero-order valence-corrected chi connectivity index (χ0v) is 16.8.